The summed E-state index contributed by atoms with van der Waals surface area (Å²) in [6.45, 7) is 3.93. The first-order chi connectivity index (χ1) is 8.65. The molecule has 0 radical (unpaired) electrons. The maximum absolute atomic E-state index is 4.35. The first kappa shape index (κ1) is 11.3. The van der Waals surface area contributed by atoms with Crippen molar-refractivity contribution in [1.82, 2.24) is 19.4 Å². The van der Waals surface area contributed by atoms with Crippen LogP contribution in [0, 0.1) is 13.8 Å². The van der Waals surface area contributed by atoms with Crippen molar-refractivity contribution >= 4 is 21.6 Å². The molecule has 3 aromatic rings. The zero-order valence-electron chi connectivity index (χ0n) is 10.1. The van der Waals surface area contributed by atoms with E-state index in [1.807, 2.05) is 36.8 Å². The Hall–Kier alpha value is -1.75. The third-order valence-electron chi connectivity index (χ3n) is 2.86. The van der Waals surface area contributed by atoms with E-state index in [9.17, 15) is 0 Å². The average molecular weight is 303 g/mol. The molecule has 0 bridgehead atoms. The van der Waals surface area contributed by atoms with E-state index in [1.54, 1.807) is 6.20 Å². The van der Waals surface area contributed by atoms with Gasteiger partial charge in [0.25, 0.3) is 0 Å². The molecule has 0 unspecified atom stereocenters. The van der Waals surface area contributed by atoms with Crippen molar-refractivity contribution in [1.29, 1.82) is 0 Å². The Morgan fingerprint density at radius 1 is 1.00 bits per heavy atom. The summed E-state index contributed by atoms with van der Waals surface area (Å²) in [5, 5.41) is 0. The summed E-state index contributed by atoms with van der Waals surface area (Å²) in [7, 11) is 0. The van der Waals surface area contributed by atoms with Gasteiger partial charge in [-0.15, -0.1) is 0 Å². The van der Waals surface area contributed by atoms with Crippen molar-refractivity contribution in [2.75, 3.05) is 0 Å². The normalized spacial score (nSPS) is 11.1. The molecule has 0 saturated carbocycles. The average Bonchev–Trinajstić information content (AvgIpc) is 2.73. The van der Waals surface area contributed by atoms with Crippen LogP contribution >= 0.6 is 15.9 Å². The lowest BCUT2D eigenvalue weighted by molar-refractivity contribution is 1.05. The maximum atomic E-state index is 4.35. The monoisotopic (exact) mass is 302 g/mol. The lowest BCUT2D eigenvalue weighted by atomic mass is 10.1. The summed E-state index contributed by atoms with van der Waals surface area (Å²) >= 11 is 3.49. The van der Waals surface area contributed by atoms with Crippen molar-refractivity contribution in [3.05, 3.63) is 46.8 Å². The SMILES string of the molecule is Cc1ncc(-c2cc(C)c3ncc(Br)n3c2)cn1. The molecule has 0 fully saturated rings. The minimum absolute atomic E-state index is 0.778. The fourth-order valence-electron chi connectivity index (χ4n) is 1.93. The van der Waals surface area contributed by atoms with Gasteiger partial charge in [-0.2, -0.15) is 0 Å². The fourth-order valence-corrected chi connectivity index (χ4v) is 2.30. The molecule has 0 aliphatic heterocycles. The van der Waals surface area contributed by atoms with Gasteiger partial charge in [-0.25, -0.2) is 15.0 Å². The number of rotatable bonds is 1. The molecule has 0 N–H and O–H groups in total. The molecule has 0 amide bonds. The smallest absolute Gasteiger partial charge is 0.140 e. The molecular formula is C13H11BrN4. The number of halogens is 1. The summed E-state index contributed by atoms with van der Waals surface area (Å²) in [5.74, 6) is 0.778. The zero-order valence-corrected chi connectivity index (χ0v) is 11.6. The lowest BCUT2D eigenvalue weighted by Crippen LogP contribution is -1.93. The molecule has 4 nitrogen and oxygen atoms in total. The highest BCUT2D eigenvalue weighted by atomic mass is 79.9. The number of hydrogen-bond donors (Lipinski definition) is 0. The van der Waals surface area contributed by atoms with Crippen LogP contribution in [0.15, 0.2) is 35.5 Å². The van der Waals surface area contributed by atoms with Crippen LogP contribution < -0.4 is 0 Å². The predicted octanol–water partition coefficient (Wildman–Crippen LogP) is 3.17. The Labute approximate surface area is 113 Å². The van der Waals surface area contributed by atoms with E-state index in [0.29, 0.717) is 0 Å². The van der Waals surface area contributed by atoms with E-state index < -0.39 is 0 Å². The quantitative estimate of drug-likeness (QED) is 0.693. The molecule has 0 aliphatic carbocycles. The highest BCUT2D eigenvalue weighted by molar-refractivity contribution is 9.10. The Morgan fingerprint density at radius 2 is 1.72 bits per heavy atom. The van der Waals surface area contributed by atoms with Crippen LogP contribution in [-0.4, -0.2) is 19.4 Å². The Balaban J connectivity index is 2.23. The number of aryl methyl sites for hydroxylation is 2. The molecular weight excluding hydrogens is 292 g/mol. The highest BCUT2D eigenvalue weighted by Crippen LogP contribution is 2.24. The Kier molecular flexibility index (Phi) is 2.63. The van der Waals surface area contributed by atoms with Crippen molar-refractivity contribution in [3.8, 4) is 11.1 Å². The minimum atomic E-state index is 0.778. The van der Waals surface area contributed by atoms with Crippen LogP contribution in [0.1, 0.15) is 11.4 Å². The first-order valence-corrected chi connectivity index (χ1v) is 6.36. The third kappa shape index (κ3) is 1.80. The largest absolute Gasteiger partial charge is 0.293 e. The molecule has 0 aliphatic rings. The first-order valence-electron chi connectivity index (χ1n) is 5.57. The van der Waals surface area contributed by atoms with Gasteiger partial charge in [-0.05, 0) is 41.4 Å². The Morgan fingerprint density at radius 3 is 2.44 bits per heavy atom. The van der Waals surface area contributed by atoms with Gasteiger partial charge in [0.15, 0.2) is 0 Å². The van der Waals surface area contributed by atoms with E-state index in [-0.39, 0.29) is 0 Å². The van der Waals surface area contributed by atoms with Crippen molar-refractivity contribution in [2.45, 2.75) is 13.8 Å². The van der Waals surface area contributed by atoms with Gasteiger partial charge in [0.05, 0.1) is 6.20 Å². The van der Waals surface area contributed by atoms with E-state index in [2.05, 4.69) is 36.9 Å². The highest BCUT2D eigenvalue weighted by Gasteiger charge is 2.07. The lowest BCUT2D eigenvalue weighted by Gasteiger charge is -2.06. The van der Waals surface area contributed by atoms with Crippen LogP contribution in [0.4, 0.5) is 0 Å². The van der Waals surface area contributed by atoms with Gasteiger partial charge in [0.1, 0.15) is 16.1 Å². The van der Waals surface area contributed by atoms with Crippen molar-refractivity contribution in [2.24, 2.45) is 0 Å². The molecule has 0 atom stereocenters. The Bertz CT molecular complexity index is 716. The van der Waals surface area contributed by atoms with Crippen LogP contribution in [0.2, 0.25) is 0 Å². The van der Waals surface area contributed by atoms with Gasteiger partial charge < -0.3 is 0 Å². The summed E-state index contributed by atoms with van der Waals surface area (Å²) in [4.78, 5) is 12.8. The second-order valence-corrected chi connectivity index (χ2v) is 5.02. The molecule has 90 valence electrons. The topological polar surface area (TPSA) is 43.1 Å². The van der Waals surface area contributed by atoms with Crippen LogP contribution in [0.25, 0.3) is 16.8 Å². The van der Waals surface area contributed by atoms with Crippen LogP contribution in [0.3, 0.4) is 0 Å². The number of imidazole rings is 1. The van der Waals surface area contributed by atoms with Crippen LogP contribution in [0.5, 0.6) is 0 Å². The van der Waals surface area contributed by atoms with E-state index >= 15 is 0 Å². The van der Waals surface area contributed by atoms with E-state index in [1.165, 1.54) is 0 Å². The van der Waals surface area contributed by atoms with Crippen LogP contribution in [-0.2, 0) is 0 Å². The summed E-state index contributed by atoms with van der Waals surface area (Å²) in [5.41, 5.74) is 4.17. The van der Waals surface area contributed by atoms with Gasteiger partial charge in [0.2, 0.25) is 0 Å². The summed E-state index contributed by atoms with van der Waals surface area (Å²) in [6.07, 6.45) is 7.52. The minimum Gasteiger partial charge on any atom is -0.293 e. The van der Waals surface area contributed by atoms with Crippen molar-refractivity contribution in [3.63, 3.8) is 0 Å². The molecule has 0 aromatic carbocycles. The van der Waals surface area contributed by atoms with E-state index in [4.69, 9.17) is 0 Å². The number of fused-ring (bicyclic) bond motifs is 1. The van der Waals surface area contributed by atoms with Gasteiger partial charge >= 0.3 is 0 Å². The molecule has 3 aromatic heterocycles. The standard InChI is InChI=1S/C13H11BrN4/c1-8-3-10(11-4-15-9(2)16-5-11)7-18-12(14)6-17-13(8)18/h3-7H,1-2H3. The number of aromatic nitrogens is 4. The molecule has 18 heavy (non-hydrogen) atoms. The van der Waals surface area contributed by atoms with Crippen molar-refractivity contribution < 1.29 is 0 Å². The number of pyridine rings is 1. The molecule has 5 heteroatoms. The fraction of sp³-hybridized carbons (Fsp3) is 0.154. The number of nitrogens with zero attached hydrogens (tertiary/aromatic N) is 4. The second-order valence-electron chi connectivity index (χ2n) is 4.21. The second kappa shape index (κ2) is 4.17. The molecule has 3 heterocycles. The maximum Gasteiger partial charge on any atom is 0.140 e. The molecule has 0 spiro atoms. The summed E-state index contributed by atoms with van der Waals surface area (Å²) < 4.78 is 2.96. The summed E-state index contributed by atoms with van der Waals surface area (Å²) in [6, 6.07) is 2.10. The third-order valence-corrected chi connectivity index (χ3v) is 3.45. The number of hydrogen-bond acceptors (Lipinski definition) is 3. The van der Waals surface area contributed by atoms with E-state index in [0.717, 1.165) is 32.8 Å². The predicted molar refractivity (Wildman–Crippen MR) is 73.4 cm³/mol. The zero-order chi connectivity index (χ0) is 12.7. The van der Waals surface area contributed by atoms with Gasteiger partial charge in [-0.1, -0.05) is 0 Å². The van der Waals surface area contributed by atoms with Gasteiger partial charge in [-0.3, -0.25) is 4.40 Å². The molecule has 0 saturated heterocycles. The van der Waals surface area contributed by atoms with Gasteiger partial charge in [0, 0.05) is 29.7 Å². The molecule has 3 rings (SSSR count).